The zero-order valence-electron chi connectivity index (χ0n) is 13.4. The second-order valence-electron chi connectivity index (χ2n) is 6.53. The number of halogens is 1. The molecular formula is C18H29ClN2. The van der Waals surface area contributed by atoms with Gasteiger partial charge in [-0.05, 0) is 44.5 Å². The summed E-state index contributed by atoms with van der Waals surface area (Å²) in [5, 5.41) is 0.799. The third kappa shape index (κ3) is 4.00. The molecule has 1 aromatic rings. The monoisotopic (exact) mass is 308 g/mol. The molecule has 0 bridgehead atoms. The molecule has 2 N–H and O–H groups in total. The molecule has 0 aromatic heterocycles. The second-order valence-corrected chi connectivity index (χ2v) is 6.97. The number of rotatable bonds is 4. The van der Waals surface area contributed by atoms with E-state index in [0.29, 0.717) is 6.04 Å². The highest BCUT2D eigenvalue weighted by molar-refractivity contribution is 6.30. The van der Waals surface area contributed by atoms with Crippen molar-refractivity contribution in [2.75, 3.05) is 13.6 Å². The lowest BCUT2D eigenvalue weighted by Gasteiger charge is -2.46. The summed E-state index contributed by atoms with van der Waals surface area (Å²) < 4.78 is 0. The van der Waals surface area contributed by atoms with Crippen LogP contribution in [0.4, 0.5) is 0 Å². The zero-order valence-corrected chi connectivity index (χ0v) is 14.2. The third-order valence-electron chi connectivity index (χ3n) is 5.35. The Labute approximate surface area is 134 Å². The molecule has 2 nitrogen and oxygen atoms in total. The summed E-state index contributed by atoms with van der Waals surface area (Å²) in [6.07, 6.45) is 9.13. The third-order valence-corrected chi connectivity index (χ3v) is 5.60. The molecule has 1 aliphatic carbocycles. The quantitative estimate of drug-likeness (QED) is 0.867. The first kappa shape index (κ1) is 16.8. The summed E-state index contributed by atoms with van der Waals surface area (Å²) in [5.74, 6) is 0. The van der Waals surface area contributed by atoms with Crippen molar-refractivity contribution < 1.29 is 0 Å². The van der Waals surface area contributed by atoms with Gasteiger partial charge in [-0.25, -0.2) is 0 Å². The predicted molar refractivity (Wildman–Crippen MR) is 91.7 cm³/mol. The Morgan fingerprint density at radius 2 is 1.62 bits per heavy atom. The van der Waals surface area contributed by atoms with Gasteiger partial charge in [-0.3, -0.25) is 4.90 Å². The molecule has 0 spiro atoms. The van der Waals surface area contributed by atoms with Crippen LogP contribution < -0.4 is 5.73 Å². The maximum atomic E-state index is 6.24. The lowest BCUT2D eigenvalue weighted by atomic mass is 9.81. The molecule has 2 rings (SSSR count). The molecule has 3 heteroatoms. The number of likely N-dealkylation sites (N-methyl/N-ethyl adjacent to an activating group) is 1. The number of nitrogens with zero attached hydrogens (tertiary/aromatic N) is 1. The Hall–Kier alpha value is -0.570. The summed E-state index contributed by atoms with van der Waals surface area (Å²) in [6, 6.07) is 8.60. The molecule has 1 aliphatic rings. The number of hydrogen-bond donors (Lipinski definition) is 1. The van der Waals surface area contributed by atoms with Crippen LogP contribution >= 0.6 is 11.6 Å². The molecule has 0 aliphatic heterocycles. The van der Waals surface area contributed by atoms with E-state index in [0.717, 1.165) is 11.6 Å². The van der Waals surface area contributed by atoms with Gasteiger partial charge in [0, 0.05) is 23.1 Å². The van der Waals surface area contributed by atoms with Crippen molar-refractivity contribution in [2.24, 2.45) is 5.73 Å². The van der Waals surface area contributed by atoms with E-state index in [1.165, 1.54) is 50.5 Å². The van der Waals surface area contributed by atoms with Gasteiger partial charge in [0.25, 0.3) is 0 Å². The van der Waals surface area contributed by atoms with Crippen LogP contribution in [0.2, 0.25) is 5.02 Å². The Morgan fingerprint density at radius 1 is 1.10 bits per heavy atom. The smallest absolute Gasteiger partial charge is 0.0406 e. The van der Waals surface area contributed by atoms with Crippen LogP contribution in [0.5, 0.6) is 0 Å². The van der Waals surface area contributed by atoms with Crippen molar-refractivity contribution >= 4 is 11.6 Å². The molecule has 1 unspecified atom stereocenters. The predicted octanol–water partition coefficient (Wildman–Crippen LogP) is 4.77. The average molecular weight is 309 g/mol. The number of benzene rings is 1. The number of nitrogens with two attached hydrogens (primary N) is 1. The normalized spacial score (nSPS) is 20.8. The van der Waals surface area contributed by atoms with E-state index in [-0.39, 0.29) is 5.54 Å². The van der Waals surface area contributed by atoms with Crippen LogP contribution in [0.15, 0.2) is 24.3 Å². The largest absolute Gasteiger partial charge is 0.329 e. The highest BCUT2D eigenvalue weighted by Crippen LogP contribution is 2.35. The van der Waals surface area contributed by atoms with E-state index in [2.05, 4.69) is 31.0 Å². The van der Waals surface area contributed by atoms with E-state index >= 15 is 0 Å². The van der Waals surface area contributed by atoms with Gasteiger partial charge in [-0.1, -0.05) is 55.8 Å². The van der Waals surface area contributed by atoms with Crippen LogP contribution in [0, 0.1) is 0 Å². The van der Waals surface area contributed by atoms with Crippen LogP contribution in [0.25, 0.3) is 0 Å². The minimum Gasteiger partial charge on any atom is -0.329 e. The van der Waals surface area contributed by atoms with E-state index in [9.17, 15) is 0 Å². The second kappa shape index (κ2) is 7.62. The molecule has 0 radical (unpaired) electrons. The lowest BCUT2D eigenvalue weighted by molar-refractivity contribution is 0.0584. The first-order valence-corrected chi connectivity index (χ1v) is 8.65. The summed E-state index contributed by atoms with van der Waals surface area (Å²) in [4.78, 5) is 2.52. The minimum absolute atomic E-state index is 0.152. The van der Waals surface area contributed by atoms with Gasteiger partial charge in [-0.2, -0.15) is 0 Å². The minimum atomic E-state index is 0.152. The molecule has 118 valence electrons. The Bertz CT molecular complexity index is 421. The van der Waals surface area contributed by atoms with Crippen molar-refractivity contribution in [1.29, 1.82) is 0 Å². The molecule has 1 aromatic carbocycles. The van der Waals surface area contributed by atoms with E-state index in [1.807, 2.05) is 12.1 Å². The summed E-state index contributed by atoms with van der Waals surface area (Å²) in [7, 11) is 2.24. The van der Waals surface area contributed by atoms with Gasteiger partial charge in [-0.15, -0.1) is 0 Å². The Balaban J connectivity index is 2.16. The highest BCUT2D eigenvalue weighted by Gasteiger charge is 2.35. The average Bonchev–Trinajstić information content (AvgIpc) is 2.47. The van der Waals surface area contributed by atoms with Gasteiger partial charge in [0.05, 0.1) is 0 Å². The SMILES string of the molecule is CC(c1ccc(Cl)cc1)N(C)C1(CN)CCCCCCC1. The summed E-state index contributed by atoms with van der Waals surface area (Å²) >= 11 is 6.01. The summed E-state index contributed by atoms with van der Waals surface area (Å²) in [6.45, 7) is 3.03. The lowest BCUT2D eigenvalue weighted by Crippen LogP contribution is -2.53. The molecule has 1 saturated carbocycles. The molecule has 1 fully saturated rings. The van der Waals surface area contributed by atoms with E-state index in [1.54, 1.807) is 0 Å². The van der Waals surface area contributed by atoms with Crippen molar-refractivity contribution in [2.45, 2.75) is 63.5 Å². The van der Waals surface area contributed by atoms with Gasteiger partial charge in [0.1, 0.15) is 0 Å². The van der Waals surface area contributed by atoms with Crippen LogP contribution in [0.3, 0.4) is 0 Å². The first-order chi connectivity index (χ1) is 10.1. The first-order valence-electron chi connectivity index (χ1n) is 8.27. The molecule has 0 heterocycles. The maximum absolute atomic E-state index is 6.24. The summed E-state index contributed by atoms with van der Waals surface area (Å²) in [5.41, 5.74) is 7.71. The topological polar surface area (TPSA) is 29.3 Å². The molecular weight excluding hydrogens is 280 g/mol. The van der Waals surface area contributed by atoms with E-state index in [4.69, 9.17) is 17.3 Å². The van der Waals surface area contributed by atoms with Gasteiger partial charge < -0.3 is 5.73 Å². The molecule has 0 saturated heterocycles. The van der Waals surface area contributed by atoms with Crippen molar-refractivity contribution in [3.8, 4) is 0 Å². The van der Waals surface area contributed by atoms with Gasteiger partial charge in [0.15, 0.2) is 0 Å². The van der Waals surface area contributed by atoms with Crippen LogP contribution in [-0.4, -0.2) is 24.0 Å². The number of hydrogen-bond acceptors (Lipinski definition) is 2. The highest BCUT2D eigenvalue weighted by atomic mass is 35.5. The van der Waals surface area contributed by atoms with Crippen molar-refractivity contribution in [3.05, 3.63) is 34.9 Å². The Morgan fingerprint density at radius 3 is 2.14 bits per heavy atom. The zero-order chi connectivity index (χ0) is 15.3. The van der Waals surface area contributed by atoms with Crippen molar-refractivity contribution in [1.82, 2.24) is 4.90 Å². The van der Waals surface area contributed by atoms with E-state index < -0.39 is 0 Å². The fourth-order valence-corrected chi connectivity index (χ4v) is 3.77. The maximum Gasteiger partial charge on any atom is 0.0406 e. The van der Waals surface area contributed by atoms with Crippen LogP contribution in [0.1, 0.15) is 63.5 Å². The molecule has 1 atom stereocenters. The molecule has 21 heavy (non-hydrogen) atoms. The standard InChI is InChI=1S/C18H29ClN2/c1-15(16-8-10-17(19)11-9-16)21(2)18(14-20)12-6-4-3-5-7-13-18/h8-11,15H,3-7,12-14,20H2,1-2H3. The Kier molecular flexibility index (Phi) is 6.09. The van der Waals surface area contributed by atoms with Crippen molar-refractivity contribution in [3.63, 3.8) is 0 Å². The fraction of sp³-hybridized carbons (Fsp3) is 0.667. The molecule has 0 amide bonds. The fourth-order valence-electron chi connectivity index (χ4n) is 3.64. The van der Waals surface area contributed by atoms with Gasteiger partial charge in [0.2, 0.25) is 0 Å². The van der Waals surface area contributed by atoms with Gasteiger partial charge >= 0.3 is 0 Å². The van der Waals surface area contributed by atoms with Crippen LogP contribution in [-0.2, 0) is 0 Å².